The van der Waals surface area contributed by atoms with Crippen LogP contribution in [-0.2, 0) is 15.5 Å². The van der Waals surface area contributed by atoms with Crippen LogP contribution in [0.5, 0.6) is 0 Å². The maximum atomic E-state index is 12.2. The van der Waals surface area contributed by atoms with Gasteiger partial charge in [0.2, 0.25) is 0 Å². The highest BCUT2D eigenvalue weighted by atomic mass is 35.5. The molecule has 0 aliphatic carbocycles. The molecule has 18 heavy (non-hydrogen) atoms. The van der Waals surface area contributed by atoms with E-state index in [0.29, 0.717) is 40.3 Å². The molecule has 0 bridgehead atoms. The van der Waals surface area contributed by atoms with Crippen molar-refractivity contribution in [1.29, 1.82) is 0 Å². The number of rotatable bonds is 7. The van der Waals surface area contributed by atoms with E-state index in [-0.39, 0.29) is 6.10 Å². The molecule has 0 aliphatic heterocycles. The third-order valence-electron chi connectivity index (χ3n) is 2.44. The van der Waals surface area contributed by atoms with Crippen molar-refractivity contribution >= 4 is 34.0 Å². The molecule has 0 spiro atoms. The topological polar surface area (TPSA) is 52.3 Å². The summed E-state index contributed by atoms with van der Waals surface area (Å²) in [6.07, 6.45) is 0.554. The van der Waals surface area contributed by atoms with Gasteiger partial charge in [-0.05, 0) is 25.5 Å². The summed E-state index contributed by atoms with van der Waals surface area (Å²) < 4.78 is 17.6. The van der Waals surface area contributed by atoms with Gasteiger partial charge in [0.15, 0.2) is 0 Å². The molecule has 0 amide bonds. The fourth-order valence-electron chi connectivity index (χ4n) is 1.55. The third-order valence-corrected chi connectivity index (χ3v) is 4.79. The molecule has 102 valence electrons. The summed E-state index contributed by atoms with van der Waals surface area (Å²) in [4.78, 5) is 0.494. The Morgan fingerprint density at radius 2 is 2.00 bits per heavy atom. The maximum Gasteiger partial charge on any atom is 0.0760 e. The standard InChI is InChI=1S/C12H17Cl2NO2S/c1-2-17-9(8-15)6-7-18(16)12-10(13)4-3-5-11(12)14/h3-5,9H,2,6-8,15H2,1H3. The Balaban J connectivity index is 2.65. The largest absolute Gasteiger partial charge is 0.377 e. The van der Waals surface area contributed by atoms with Crippen LogP contribution in [0.25, 0.3) is 0 Å². The molecule has 0 heterocycles. The maximum absolute atomic E-state index is 12.2. The van der Waals surface area contributed by atoms with Crippen LogP contribution in [0.1, 0.15) is 13.3 Å². The highest BCUT2D eigenvalue weighted by Crippen LogP contribution is 2.28. The smallest absolute Gasteiger partial charge is 0.0760 e. The first-order valence-electron chi connectivity index (χ1n) is 5.74. The van der Waals surface area contributed by atoms with Gasteiger partial charge in [-0.25, -0.2) is 0 Å². The summed E-state index contributed by atoms with van der Waals surface area (Å²) in [6.45, 7) is 2.92. The normalized spacial score (nSPS) is 14.4. The summed E-state index contributed by atoms with van der Waals surface area (Å²) in [5.74, 6) is 0.436. The lowest BCUT2D eigenvalue weighted by Crippen LogP contribution is -2.25. The average Bonchev–Trinajstić information content (AvgIpc) is 2.34. The van der Waals surface area contributed by atoms with Crippen molar-refractivity contribution in [1.82, 2.24) is 0 Å². The van der Waals surface area contributed by atoms with E-state index in [4.69, 9.17) is 33.7 Å². The highest BCUT2D eigenvalue weighted by molar-refractivity contribution is 7.85. The summed E-state index contributed by atoms with van der Waals surface area (Å²) >= 11 is 12.0. The molecule has 6 heteroatoms. The first kappa shape index (κ1) is 15.9. The monoisotopic (exact) mass is 309 g/mol. The molecule has 1 aromatic carbocycles. The Labute approximate surface area is 120 Å². The molecule has 0 aromatic heterocycles. The van der Waals surface area contributed by atoms with Gasteiger partial charge in [-0.1, -0.05) is 29.3 Å². The molecule has 0 fully saturated rings. The number of ether oxygens (including phenoxy) is 1. The zero-order valence-electron chi connectivity index (χ0n) is 10.2. The molecule has 0 aliphatic rings. The van der Waals surface area contributed by atoms with Crippen molar-refractivity contribution in [2.24, 2.45) is 5.73 Å². The van der Waals surface area contributed by atoms with Crippen LogP contribution < -0.4 is 5.73 Å². The van der Waals surface area contributed by atoms with Crippen LogP contribution in [0.4, 0.5) is 0 Å². The van der Waals surface area contributed by atoms with E-state index >= 15 is 0 Å². The molecule has 1 aromatic rings. The predicted octanol–water partition coefficient (Wildman–Crippen LogP) is 2.85. The summed E-state index contributed by atoms with van der Waals surface area (Å²) in [6, 6.07) is 5.10. The highest BCUT2D eigenvalue weighted by Gasteiger charge is 2.15. The van der Waals surface area contributed by atoms with Crippen LogP contribution in [0, 0.1) is 0 Å². The molecule has 0 saturated heterocycles. The zero-order valence-corrected chi connectivity index (χ0v) is 12.5. The number of nitrogens with two attached hydrogens (primary N) is 1. The quantitative estimate of drug-likeness (QED) is 0.842. The van der Waals surface area contributed by atoms with E-state index in [2.05, 4.69) is 0 Å². The number of hydrogen-bond donors (Lipinski definition) is 1. The van der Waals surface area contributed by atoms with Crippen molar-refractivity contribution < 1.29 is 8.95 Å². The average molecular weight is 310 g/mol. The molecule has 3 nitrogen and oxygen atoms in total. The van der Waals surface area contributed by atoms with E-state index in [0.717, 1.165) is 0 Å². The molecule has 2 unspecified atom stereocenters. The second-order valence-electron chi connectivity index (χ2n) is 3.70. The van der Waals surface area contributed by atoms with Gasteiger partial charge in [-0.2, -0.15) is 0 Å². The van der Waals surface area contributed by atoms with Crippen LogP contribution in [0.15, 0.2) is 23.1 Å². The molecule has 0 radical (unpaired) electrons. The van der Waals surface area contributed by atoms with E-state index in [1.807, 2.05) is 6.92 Å². The summed E-state index contributed by atoms with van der Waals surface area (Å²) in [5.41, 5.74) is 5.57. The SMILES string of the molecule is CCOC(CN)CCS(=O)c1c(Cl)cccc1Cl. The first-order chi connectivity index (χ1) is 8.60. The van der Waals surface area contributed by atoms with Gasteiger partial charge in [0.05, 0.1) is 31.8 Å². The fourth-order valence-corrected chi connectivity index (χ4v) is 3.71. The fraction of sp³-hybridized carbons (Fsp3) is 0.500. The molecular formula is C12H17Cl2NO2S. The Morgan fingerprint density at radius 3 is 2.50 bits per heavy atom. The van der Waals surface area contributed by atoms with Gasteiger partial charge < -0.3 is 10.5 Å². The van der Waals surface area contributed by atoms with Gasteiger partial charge >= 0.3 is 0 Å². The van der Waals surface area contributed by atoms with Gasteiger partial charge in [0.25, 0.3) is 0 Å². The van der Waals surface area contributed by atoms with Crippen LogP contribution >= 0.6 is 23.2 Å². The second kappa shape index (κ2) is 8.12. The number of benzene rings is 1. The first-order valence-corrected chi connectivity index (χ1v) is 7.81. The van der Waals surface area contributed by atoms with Gasteiger partial charge in [0.1, 0.15) is 0 Å². The van der Waals surface area contributed by atoms with Crippen molar-refractivity contribution in [3.8, 4) is 0 Å². The Kier molecular flexibility index (Phi) is 7.19. The lowest BCUT2D eigenvalue weighted by atomic mass is 10.3. The van der Waals surface area contributed by atoms with Gasteiger partial charge in [-0.15, -0.1) is 0 Å². The minimum absolute atomic E-state index is 0.0692. The third kappa shape index (κ3) is 4.52. The Bertz CT molecular complexity index is 395. The Hall–Kier alpha value is -0.130. The van der Waals surface area contributed by atoms with Crippen LogP contribution in [0.2, 0.25) is 10.0 Å². The minimum atomic E-state index is -1.23. The molecular weight excluding hydrogens is 293 g/mol. The zero-order chi connectivity index (χ0) is 13.5. The van der Waals surface area contributed by atoms with E-state index < -0.39 is 10.8 Å². The van der Waals surface area contributed by atoms with Crippen molar-refractivity contribution in [3.63, 3.8) is 0 Å². The lowest BCUT2D eigenvalue weighted by molar-refractivity contribution is 0.0672. The molecule has 2 atom stereocenters. The minimum Gasteiger partial charge on any atom is -0.377 e. The summed E-state index contributed by atoms with van der Waals surface area (Å²) in [7, 11) is -1.23. The van der Waals surface area contributed by atoms with Gasteiger partial charge in [-0.3, -0.25) is 4.21 Å². The predicted molar refractivity (Wildman–Crippen MR) is 76.8 cm³/mol. The van der Waals surface area contributed by atoms with Crippen molar-refractivity contribution in [2.75, 3.05) is 18.9 Å². The molecule has 2 N–H and O–H groups in total. The second-order valence-corrected chi connectivity index (χ2v) is 6.02. The lowest BCUT2D eigenvalue weighted by Gasteiger charge is -2.14. The number of hydrogen-bond acceptors (Lipinski definition) is 3. The van der Waals surface area contributed by atoms with Crippen LogP contribution in [0.3, 0.4) is 0 Å². The van der Waals surface area contributed by atoms with Crippen LogP contribution in [-0.4, -0.2) is 29.2 Å². The summed E-state index contributed by atoms with van der Waals surface area (Å²) in [5, 5.41) is 0.864. The molecule has 0 saturated carbocycles. The molecule has 1 rings (SSSR count). The van der Waals surface area contributed by atoms with E-state index in [9.17, 15) is 4.21 Å². The van der Waals surface area contributed by atoms with Crippen molar-refractivity contribution in [3.05, 3.63) is 28.2 Å². The van der Waals surface area contributed by atoms with E-state index in [1.165, 1.54) is 0 Å². The van der Waals surface area contributed by atoms with Crippen molar-refractivity contribution in [2.45, 2.75) is 24.3 Å². The number of halogens is 2. The van der Waals surface area contributed by atoms with Gasteiger partial charge in [0, 0.05) is 18.9 Å². The Morgan fingerprint density at radius 1 is 1.39 bits per heavy atom. The van der Waals surface area contributed by atoms with E-state index in [1.54, 1.807) is 18.2 Å².